The van der Waals surface area contributed by atoms with Gasteiger partial charge in [-0.05, 0) is 26.3 Å². The first-order valence-corrected chi connectivity index (χ1v) is 6.20. The van der Waals surface area contributed by atoms with E-state index in [1.807, 2.05) is 6.07 Å². The largest absolute Gasteiger partial charge is 0.344 e. The molecule has 1 aliphatic heterocycles. The first kappa shape index (κ1) is 10.5. The highest BCUT2D eigenvalue weighted by Crippen LogP contribution is 2.26. The van der Waals surface area contributed by atoms with Crippen molar-refractivity contribution in [3.8, 4) is 11.3 Å². The van der Waals surface area contributed by atoms with E-state index in [9.17, 15) is 0 Å². The lowest BCUT2D eigenvalue weighted by Gasteiger charge is -2.04. The van der Waals surface area contributed by atoms with Crippen LogP contribution in [0.2, 0.25) is 0 Å². The molecule has 3 nitrogen and oxygen atoms in total. The zero-order chi connectivity index (χ0) is 11.7. The molecule has 0 saturated carbocycles. The van der Waals surface area contributed by atoms with E-state index in [-0.39, 0.29) is 0 Å². The molecule has 1 aromatic carbocycles. The number of nitrogens with one attached hydrogen (secondary N) is 2. The molecule has 0 radical (unpaired) electrons. The molecule has 2 heterocycles. The monoisotopic (exact) mass is 227 g/mol. The van der Waals surface area contributed by atoms with Crippen LogP contribution in [0.5, 0.6) is 0 Å². The molecule has 0 bridgehead atoms. The Labute approximate surface area is 101 Å². The molecule has 88 valence electrons. The van der Waals surface area contributed by atoms with Crippen LogP contribution >= 0.6 is 0 Å². The van der Waals surface area contributed by atoms with E-state index in [1.54, 1.807) is 0 Å². The highest BCUT2D eigenvalue weighted by atomic mass is 15.0. The van der Waals surface area contributed by atoms with Crippen LogP contribution in [-0.4, -0.2) is 16.5 Å². The summed E-state index contributed by atoms with van der Waals surface area (Å²) >= 11 is 0. The smallest absolute Gasteiger partial charge is 0.124 e. The molecule has 1 fully saturated rings. The summed E-state index contributed by atoms with van der Waals surface area (Å²) in [6, 6.07) is 10.8. The van der Waals surface area contributed by atoms with Crippen molar-refractivity contribution >= 4 is 0 Å². The summed E-state index contributed by atoms with van der Waals surface area (Å²) < 4.78 is 0. The predicted molar refractivity (Wildman–Crippen MR) is 68.7 cm³/mol. The summed E-state index contributed by atoms with van der Waals surface area (Å²) in [7, 11) is 0. The van der Waals surface area contributed by atoms with Gasteiger partial charge < -0.3 is 10.3 Å². The number of aromatic nitrogens is 2. The van der Waals surface area contributed by atoms with Crippen molar-refractivity contribution in [3.05, 3.63) is 41.9 Å². The highest BCUT2D eigenvalue weighted by molar-refractivity contribution is 5.61. The molecule has 1 unspecified atom stereocenters. The Morgan fingerprint density at radius 1 is 1.24 bits per heavy atom. The Kier molecular flexibility index (Phi) is 2.69. The second kappa shape index (κ2) is 4.34. The van der Waals surface area contributed by atoms with E-state index in [0.717, 1.165) is 23.8 Å². The number of aryl methyl sites for hydroxylation is 1. The molecular formula is C14H17N3. The lowest BCUT2D eigenvalue weighted by molar-refractivity contribution is 0.612. The predicted octanol–water partition coefficient (Wildman–Crippen LogP) is 2.81. The van der Waals surface area contributed by atoms with Gasteiger partial charge in [0.05, 0.1) is 11.7 Å². The van der Waals surface area contributed by atoms with Crippen molar-refractivity contribution in [2.45, 2.75) is 25.8 Å². The summed E-state index contributed by atoms with van der Waals surface area (Å²) in [5.74, 6) is 1.08. The number of imidazole rings is 1. The summed E-state index contributed by atoms with van der Waals surface area (Å²) in [5.41, 5.74) is 3.42. The van der Waals surface area contributed by atoms with Gasteiger partial charge in [0, 0.05) is 11.3 Å². The number of rotatable bonds is 2. The highest BCUT2D eigenvalue weighted by Gasteiger charge is 2.20. The summed E-state index contributed by atoms with van der Waals surface area (Å²) in [6.07, 6.45) is 2.42. The van der Waals surface area contributed by atoms with Crippen LogP contribution in [-0.2, 0) is 0 Å². The third-order valence-corrected chi connectivity index (χ3v) is 3.34. The number of aromatic amines is 1. The maximum Gasteiger partial charge on any atom is 0.124 e. The van der Waals surface area contributed by atoms with E-state index in [1.165, 1.54) is 18.4 Å². The van der Waals surface area contributed by atoms with Crippen LogP contribution in [0.15, 0.2) is 30.3 Å². The summed E-state index contributed by atoms with van der Waals surface area (Å²) in [6.45, 7) is 3.19. The fraction of sp³-hybridized carbons (Fsp3) is 0.357. The van der Waals surface area contributed by atoms with Crippen LogP contribution in [0.1, 0.15) is 30.4 Å². The van der Waals surface area contributed by atoms with Crippen molar-refractivity contribution in [2.75, 3.05) is 6.54 Å². The summed E-state index contributed by atoms with van der Waals surface area (Å²) in [4.78, 5) is 8.16. The van der Waals surface area contributed by atoms with Crippen molar-refractivity contribution in [3.63, 3.8) is 0 Å². The third kappa shape index (κ3) is 1.98. The van der Waals surface area contributed by atoms with Crippen LogP contribution in [0.25, 0.3) is 11.3 Å². The third-order valence-electron chi connectivity index (χ3n) is 3.34. The second-order valence-corrected chi connectivity index (χ2v) is 4.61. The second-order valence-electron chi connectivity index (χ2n) is 4.61. The van der Waals surface area contributed by atoms with Gasteiger partial charge in [-0.15, -0.1) is 0 Å². The molecule has 2 N–H and O–H groups in total. The van der Waals surface area contributed by atoms with Gasteiger partial charge in [-0.1, -0.05) is 30.3 Å². The minimum atomic E-state index is 0.408. The molecule has 1 saturated heterocycles. The summed E-state index contributed by atoms with van der Waals surface area (Å²) in [5, 5.41) is 3.47. The average Bonchev–Trinajstić information content (AvgIpc) is 2.99. The normalized spacial score (nSPS) is 19.7. The Morgan fingerprint density at radius 3 is 2.76 bits per heavy atom. The molecule has 3 heteroatoms. The van der Waals surface area contributed by atoms with Gasteiger partial charge in [-0.2, -0.15) is 0 Å². The number of benzene rings is 1. The quantitative estimate of drug-likeness (QED) is 0.828. The zero-order valence-corrected chi connectivity index (χ0v) is 10.0. The van der Waals surface area contributed by atoms with Gasteiger partial charge >= 0.3 is 0 Å². The van der Waals surface area contributed by atoms with Crippen molar-refractivity contribution in [1.29, 1.82) is 0 Å². The molecule has 1 atom stereocenters. The molecule has 0 amide bonds. The van der Waals surface area contributed by atoms with Crippen molar-refractivity contribution < 1.29 is 0 Å². The van der Waals surface area contributed by atoms with E-state index in [4.69, 9.17) is 4.98 Å². The maximum absolute atomic E-state index is 4.74. The standard InChI is InChI=1S/C14H17N3/c1-10-13(11-6-3-2-4-7-11)17-14(16-10)12-8-5-9-15-12/h2-4,6-7,12,15H,5,8-9H2,1H3,(H,16,17). The first-order chi connectivity index (χ1) is 8.34. The molecular weight excluding hydrogens is 210 g/mol. The Bertz CT molecular complexity index is 495. The average molecular weight is 227 g/mol. The minimum Gasteiger partial charge on any atom is -0.344 e. The van der Waals surface area contributed by atoms with Crippen LogP contribution in [0.4, 0.5) is 0 Å². The van der Waals surface area contributed by atoms with Crippen LogP contribution in [0, 0.1) is 6.92 Å². The maximum atomic E-state index is 4.74. The molecule has 17 heavy (non-hydrogen) atoms. The fourth-order valence-electron chi connectivity index (χ4n) is 2.44. The van der Waals surface area contributed by atoms with Gasteiger partial charge in [0.25, 0.3) is 0 Å². The molecule has 0 spiro atoms. The van der Waals surface area contributed by atoms with E-state index in [0.29, 0.717) is 6.04 Å². The zero-order valence-electron chi connectivity index (χ0n) is 10.0. The Hall–Kier alpha value is -1.61. The number of hydrogen-bond acceptors (Lipinski definition) is 2. The van der Waals surface area contributed by atoms with Gasteiger partial charge in [-0.25, -0.2) is 4.98 Å². The topological polar surface area (TPSA) is 40.7 Å². The van der Waals surface area contributed by atoms with Gasteiger partial charge in [0.15, 0.2) is 0 Å². The Morgan fingerprint density at radius 2 is 2.06 bits per heavy atom. The molecule has 3 rings (SSSR count). The van der Waals surface area contributed by atoms with Crippen LogP contribution < -0.4 is 5.32 Å². The SMILES string of the molecule is Cc1[nH]c(C2CCCN2)nc1-c1ccccc1. The van der Waals surface area contributed by atoms with E-state index < -0.39 is 0 Å². The lowest BCUT2D eigenvalue weighted by atomic mass is 10.1. The van der Waals surface area contributed by atoms with Crippen molar-refractivity contribution in [1.82, 2.24) is 15.3 Å². The van der Waals surface area contributed by atoms with Gasteiger partial charge in [0.2, 0.25) is 0 Å². The van der Waals surface area contributed by atoms with Gasteiger partial charge in [-0.3, -0.25) is 0 Å². The lowest BCUT2D eigenvalue weighted by Crippen LogP contribution is -2.14. The number of nitrogens with zero attached hydrogens (tertiary/aromatic N) is 1. The fourth-order valence-corrected chi connectivity index (χ4v) is 2.44. The Balaban J connectivity index is 1.96. The molecule has 2 aromatic rings. The minimum absolute atomic E-state index is 0.408. The van der Waals surface area contributed by atoms with Gasteiger partial charge in [0.1, 0.15) is 5.82 Å². The number of H-pyrrole nitrogens is 1. The molecule has 1 aromatic heterocycles. The molecule has 0 aliphatic carbocycles. The van der Waals surface area contributed by atoms with Crippen LogP contribution in [0.3, 0.4) is 0 Å². The molecule has 1 aliphatic rings. The number of hydrogen-bond donors (Lipinski definition) is 2. The van der Waals surface area contributed by atoms with Crippen molar-refractivity contribution in [2.24, 2.45) is 0 Å². The van der Waals surface area contributed by atoms with E-state index >= 15 is 0 Å². The first-order valence-electron chi connectivity index (χ1n) is 6.20. The van der Waals surface area contributed by atoms with E-state index in [2.05, 4.69) is 41.5 Å².